The molecule has 0 radical (unpaired) electrons. The second-order valence-electron chi connectivity index (χ2n) is 3.32. The first-order valence-electron chi connectivity index (χ1n) is 5.07. The monoisotopic (exact) mass is 189 g/mol. The summed E-state index contributed by atoms with van der Waals surface area (Å²) in [5.41, 5.74) is 2.20. The van der Waals surface area contributed by atoms with Gasteiger partial charge in [0.25, 0.3) is 0 Å². The number of benzene rings is 1. The molecule has 74 valence electrons. The molecule has 0 saturated heterocycles. The lowest BCUT2D eigenvalue weighted by molar-refractivity contribution is 0.615. The van der Waals surface area contributed by atoms with Crippen molar-refractivity contribution in [2.75, 3.05) is 18.0 Å². The Bertz CT molecular complexity index is 415. The highest BCUT2D eigenvalue weighted by Gasteiger charge is 2.03. The van der Waals surface area contributed by atoms with Gasteiger partial charge in [-0.25, -0.2) is 0 Å². The Labute approximate surface area is 84.1 Å². The Morgan fingerprint density at radius 1 is 1.14 bits per heavy atom. The van der Waals surface area contributed by atoms with Gasteiger partial charge in [0.2, 0.25) is 0 Å². The van der Waals surface area contributed by atoms with E-state index in [-0.39, 0.29) is 0 Å². The summed E-state index contributed by atoms with van der Waals surface area (Å²) in [6.45, 7) is 6.39. The highest BCUT2D eigenvalue weighted by atomic mass is 16.3. The summed E-state index contributed by atoms with van der Waals surface area (Å²) in [5.74, 6) is 0. The standard InChI is InChI=1S/C12H15NO/c1-3-13(4-2)11-6-5-10-7-8-14-12(10)9-11/h5-9H,3-4H2,1-2H3. The van der Waals surface area contributed by atoms with Crippen LogP contribution in [0, 0.1) is 0 Å². The molecule has 0 amide bonds. The topological polar surface area (TPSA) is 16.4 Å². The summed E-state index contributed by atoms with van der Waals surface area (Å²) >= 11 is 0. The van der Waals surface area contributed by atoms with E-state index in [0.29, 0.717) is 0 Å². The van der Waals surface area contributed by atoms with Crippen LogP contribution in [0.15, 0.2) is 34.9 Å². The number of hydrogen-bond donors (Lipinski definition) is 0. The van der Waals surface area contributed by atoms with Crippen molar-refractivity contribution in [1.29, 1.82) is 0 Å². The zero-order valence-electron chi connectivity index (χ0n) is 8.66. The summed E-state index contributed by atoms with van der Waals surface area (Å²) in [6, 6.07) is 8.33. The van der Waals surface area contributed by atoms with Gasteiger partial charge in [-0.1, -0.05) is 0 Å². The van der Waals surface area contributed by atoms with Gasteiger partial charge in [-0.2, -0.15) is 0 Å². The Morgan fingerprint density at radius 2 is 1.93 bits per heavy atom. The molecule has 2 rings (SSSR count). The molecule has 2 heteroatoms. The summed E-state index contributed by atoms with van der Waals surface area (Å²) in [6.07, 6.45) is 1.73. The average Bonchev–Trinajstić information content (AvgIpc) is 2.66. The summed E-state index contributed by atoms with van der Waals surface area (Å²) in [4.78, 5) is 2.31. The van der Waals surface area contributed by atoms with E-state index in [1.807, 2.05) is 6.07 Å². The quantitative estimate of drug-likeness (QED) is 0.736. The van der Waals surface area contributed by atoms with Crippen molar-refractivity contribution >= 4 is 16.7 Å². The molecule has 0 spiro atoms. The van der Waals surface area contributed by atoms with E-state index in [1.54, 1.807) is 6.26 Å². The van der Waals surface area contributed by atoms with Crippen LogP contribution >= 0.6 is 0 Å². The first kappa shape index (κ1) is 9.13. The van der Waals surface area contributed by atoms with E-state index >= 15 is 0 Å². The number of rotatable bonds is 3. The highest BCUT2D eigenvalue weighted by Crippen LogP contribution is 2.22. The van der Waals surface area contributed by atoms with E-state index in [2.05, 4.69) is 36.9 Å². The molecule has 1 aromatic heterocycles. The third-order valence-corrected chi connectivity index (χ3v) is 2.57. The minimum atomic E-state index is 0.967. The number of anilines is 1. The highest BCUT2D eigenvalue weighted by molar-refractivity contribution is 5.81. The lowest BCUT2D eigenvalue weighted by atomic mass is 10.2. The minimum absolute atomic E-state index is 0.967. The molecule has 1 heterocycles. The zero-order chi connectivity index (χ0) is 9.97. The molecule has 2 nitrogen and oxygen atoms in total. The van der Waals surface area contributed by atoms with Crippen molar-refractivity contribution in [3.63, 3.8) is 0 Å². The van der Waals surface area contributed by atoms with Gasteiger partial charge in [0.05, 0.1) is 6.26 Å². The van der Waals surface area contributed by atoms with Crippen molar-refractivity contribution in [2.24, 2.45) is 0 Å². The molecule has 0 saturated carbocycles. The lowest BCUT2D eigenvalue weighted by Crippen LogP contribution is -2.21. The molecular weight excluding hydrogens is 174 g/mol. The van der Waals surface area contributed by atoms with Gasteiger partial charge in [0.15, 0.2) is 0 Å². The predicted molar refractivity (Wildman–Crippen MR) is 59.8 cm³/mol. The molecule has 1 aromatic carbocycles. The van der Waals surface area contributed by atoms with E-state index in [1.165, 1.54) is 11.1 Å². The van der Waals surface area contributed by atoms with E-state index < -0.39 is 0 Å². The fourth-order valence-electron chi connectivity index (χ4n) is 1.73. The van der Waals surface area contributed by atoms with Gasteiger partial charge in [-0.05, 0) is 32.0 Å². The van der Waals surface area contributed by atoms with Crippen LogP contribution in [-0.4, -0.2) is 13.1 Å². The van der Waals surface area contributed by atoms with E-state index in [9.17, 15) is 0 Å². The van der Waals surface area contributed by atoms with Crippen molar-refractivity contribution in [3.05, 3.63) is 30.5 Å². The molecule has 14 heavy (non-hydrogen) atoms. The van der Waals surface area contributed by atoms with Crippen molar-refractivity contribution < 1.29 is 4.42 Å². The Kier molecular flexibility index (Phi) is 2.44. The maximum atomic E-state index is 5.37. The molecule has 0 aliphatic heterocycles. The van der Waals surface area contributed by atoms with Crippen LogP contribution in [-0.2, 0) is 0 Å². The van der Waals surface area contributed by atoms with Gasteiger partial charge in [-0.3, -0.25) is 0 Å². The summed E-state index contributed by atoms with van der Waals surface area (Å²) < 4.78 is 5.37. The van der Waals surface area contributed by atoms with E-state index in [0.717, 1.165) is 18.7 Å². The van der Waals surface area contributed by atoms with Gasteiger partial charge in [0.1, 0.15) is 5.58 Å². The predicted octanol–water partition coefficient (Wildman–Crippen LogP) is 3.28. The number of nitrogens with zero attached hydrogens (tertiary/aromatic N) is 1. The van der Waals surface area contributed by atoms with Crippen LogP contribution in [0.2, 0.25) is 0 Å². The van der Waals surface area contributed by atoms with Crippen LogP contribution in [0.5, 0.6) is 0 Å². The van der Waals surface area contributed by atoms with Crippen LogP contribution in [0.4, 0.5) is 5.69 Å². The third kappa shape index (κ3) is 1.48. The second-order valence-corrected chi connectivity index (χ2v) is 3.32. The summed E-state index contributed by atoms with van der Waals surface area (Å²) in [7, 11) is 0. The van der Waals surface area contributed by atoms with Crippen molar-refractivity contribution in [1.82, 2.24) is 0 Å². The van der Waals surface area contributed by atoms with Gasteiger partial charge in [0, 0.05) is 30.2 Å². The molecule has 0 fully saturated rings. The molecule has 0 atom stereocenters. The molecule has 0 aliphatic rings. The van der Waals surface area contributed by atoms with Gasteiger partial charge >= 0.3 is 0 Å². The third-order valence-electron chi connectivity index (χ3n) is 2.57. The largest absolute Gasteiger partial charge is 0.464 e. The molecular formula is C12H15NO. The molecule has 0 unspecified atom stereocenters. The molecule has 0 N–H and O–H groups in total. The average molecular weight is 189 g/mol. The lowest BCUT2D eigenvalue weighted by Gasteiger charge is -2.20. The van der Waals surface area contributed by atoms with Gasteiger partial charge < -0.3 is 9.32 Å². The van der Waals surface area contributed by atoms with Crippen molar-refractivity contribution in [3.8, 4) is 0 Å². The number of hydrogen-bond acceptors (Lipinski definition) is 2. The smallest absolute Gasteiger partial charge is 0.135 e. The second kappa shape index (κ2) is 3.74. The van der Waals surface area contributed by atoms with Crippen LogP contribution in [0.25, 0.3) is 11.0 Å². The van der Waals surface area contributed by atoms with Crippen LogP contribution in [0.3, 0.4) is 0 Å². The molecule has 0 bridgehead atoms. The first-order chi connectivity index (χ1) is 6.85. The number of fused-ring (bicyclic) bond motifs is 1. The fraction of sp³-hybridized carbons (Fsp3) is 0.333. The Hall–Kier alpha value is -1.44. The normalized spacial score (nSPS) is 10.7. The summed E-state index contributed by atoms with van der Waals surface area (Å²) in [5, 5.41) is 1.17. The van der Waals surface area contributed by atoms with E-state index in [4.69, 9.17) is 4.42 Å². The van der Waals surface area contributed by atoms with Gasteiger partial charge in [-0.15, -0.1) is 0 Å². The van der Waals surface area contributed by atoms with Crippen LogP contribution < -0.4 is 4.90 Å². The zero-order valence-corrected chi connectivity index (χ0v) is 8.66. The van der Waals surface area contributed by atoms with Crippen LogP contribution in [0.1, 0.15) is 13.8 Å². The SMILES string of the molecule is CCN(CC)c1ccc2ccoc2c1. The molecule has 0 aliphatic carbocycles. The maximum Gasteiger partial charge on any atom is 0.135 e. The molecule has 2 aromatic rings. The van der Waals surface area contributed by atoms with Crippen molar-refractivity contribution in [2.45, 2.75) is 13.8 Å². The maximum absolute atomic E-state index is 5.37. The first-order valence-corrected chi connectivity index (χ1v) is 5.07. The Morgan fingerprint density at radius 3 is 2.64 bits per heavy atom. The fourth-order valence-corrected chi connectivity index (χ4v) is 1.73. The number of furan rings is 1. The minimum Gasteiger partial charge on any atom is -0.464 e. The Balaban J connectivity index is 2.42.